The highest BCUT2D eigenvalue weighted by Crippen LogP contribution is 2.28. The van der Waals surface area contributed by atoms with Crippen LogP contribution in [-0.2, 0) is 14.9 Å². The topological polar surface area (TPSA) is 94.0 Å². The molecule has 32 heavy (non-hydrogen) atoms. The van der Waals surface area contributed by atoms with Crippen LogP contribution in [-0.4, -0.2) is 50.9 Å². The van der Waals surface area contributed by atoms with Crippen molar-refractivity contribution in [1.82, 2.24) is 20.0 Å². The van der Waals surface area contributed by atoms with Crippen LogP contribution in [0.2, 0.25) is 0 Å². The van der Waals surface area contributed by atoms with E-state index in [4.69, 9.17) is 9.84 Å². The molecule has 3 heterocycles. The fourth-order valence-electron chi connectivity index (χ4n) is 3.25. The van der Waals surface area contributed by atoms with E-state index < -0.39 is 0 Å². The predicted molar refractivity (Wildman–Crippen MR) is 129 cm³/mol. The third-order valence-electron chi connectivity index (χ3n) is 4.98. The van der Waals surface area contributed by atoms with E-state index in [1.54, 1.807) is 4.68 Å². The Kier molecular flexibility index (Phi) is 7.12. The van der Waals surface area contributed by atoms with Gasteiger partial charge >= 0.3 is 0 Å². The van der Waals surface area contributed by atoms with Gasteiger partial charge in [-0.25, -0.2) is 4.68 Å². The van der Waals surface area contributed by atoms with Gasteiger partial charge in [0.2, 0.25) is 11.0 Å². The molecule has 0 aliphatic carbocycles. The van der Waals surface area contributed by atoms with Crippen molar-refractivity contribution in [2.75, 3.05) is 29.5 Å². The van der Waals surface area contributed by atoms with Crippen molar-refractivity contribution >= 4 is 40.0 Å². The van der Waals surface area contributed by atoms with Crippen molar-refractivity contribution in [3.8, 4) is 5.69 Å². The number of hydrogen-bond donors (Lipinski definition) is 2. The quantitative estimate of drug-likeness (QED) is 0.471. The van der Waals surface area contributed by atoms with Crippen molar-refractivity contribution in [1.29, 1.82) is 0 Å². The maximum Gasteiger partial charge on any atom is 0.235 e. The number of aromatic nitrogens is 4. The second kappa shape index (κ2) is 10.0. The van der Waals surface area contributed by atoms with Gasteiger partial charge in [-0.15, -0.1) is 10.2 Å². The van der Waals surface area contributed by atoms with Crippen LogP contribution in [0.5, 0.6) is 0 Å². The molecule has 1 atom stereocenters. The highest BCUT2D eigenvalue weighted by molar-refractivity contribution is 8.01. The molecule has 0 radical (unpaired) electrons. The van der Waals surface area contributed by atoms with Crippen LogP contribution in [0.15, 0.2) is 40.7 Å². The molecule has 0 saturated carbocycles. The number of thioether (sulfide) groups is 1. The third-order valence-corrected chi connectivity index (χ3v) is 7.00. The molecule has 8 nitrogen and oxygen atoms in total. The van der Waals surface area contributed by atoms with Gasteiger partial charge in [0.05, 0.1) is 23.2 Å². The second-order valence-electron chi connectivity index (χ2n) is 8.64. The Bertz CT molecular complexity index is 1040. The molecule has 4 rings (SSSR count). The first-order valence-electron chi connectivity index (χ1n) is 10.7. The zero-order chi connectivity index (χ0) is 22.6. The van der Waals surface area contributed by atoms with Gasteiger partial charge in [-0.2, -0.15) is 5.10 Å². The average Bonchev–Trinajstić information content (AvgIpc) is 3.52. The third kappa shape index (κ3) is 5.87. The number of para-hydroxylation sites is 1. The molecule has 0 spiro atoms. The van der Waals surface area contributed by atoms with Crippen molar-refractivity contribution in [3.05, 3.63) is 42.1 Å². The molecule has 1 fully saturated rings. The van der Waals surface area contributed by atoms with Crippen molar-refractivity contribution < 1.29 is 9.53 Å². The normalized spacial score (nSPS) is 16.3. The molecule has 10 heteroatoms. The van der Waals surface area contributed by atoms with E-state index in [0.717, 1.165) is 46.8 Å². The monoisotopic (exact) mass is 472 g/mol. The summed E-state index contributed by atoms with van der Waals surface area (Å²) in [6.45, 7) is 7.88. The van der Waals surface area contributed by atoms with Crippen molar-refractivity contribution in [3.63, 3.8) is 0 Å². The largest absolute Gasteiger partial charge is 0.376 e. The zero-order valence-corrected chi connectivity index (χ0v) is 20.1. The lowest BCUT2D eigenvalue weighted by Gasteiger charge is -2.14. The minimum atomic E-state index is -0.131. The van der Waals surface area contributed by atoms with Gasteiger partial charge in [-0.05, 0) is 25.0 Å². The van der Waals surface area contributed by atoms with Crippen LogP contribution in [0.1, 0.15) is 39.3 Å². The van der Waals surface area contributed by atoms with Gasteiger partial charge in [0.1, 0.15) is 5.82 Å². The minimum Gasteiger partial charge on any atom is -0.376 e. The Morgan fingerprint density at radius 2 is 2.09 bits per heavy atom. The van der Waals surface area contributed by atoms with E-state index in [0.29, 0.717) is 5.82 Å². The Hall–Kier alpha value is -2.43. The molecule has 0 bridgehead atoms. The van der Waals surface area contributed by atoms with Crippen LogP contribution in [0, 0.1) is 0 Å². The van der Waals surface area contributed by atoms with E-state index in [2.05, 4.69) is 41.6 Å². The lowest BCUT2D eigenvalue weighted by atomic mass is 9.92. The SMILES string of the molecule is CC(C)(C)c1cc(NC(=O)CSc2nnc(NCC3CCCO3)s2)n(-c2ccccc2)n1. The molecule has 1 saturated heterocycles. The van der Waals surface area contributed by atoms with E-state index in [9.17, 15) is 4.79 Å². The van der Waals surface area contributed by atoms with Crippen LogP contribution >= 0.6 is 23.1 Å². The summed E-state index contributed by atoms with van der Waals surface area (Å²) >= 11 is 2.82. The lowest BCUT2D eigenvalue weighted by Crippen LogP contribution is -2.18. The molecule has 1 aliphatic rings. The van der Waals surface area contributed by atoms with E-state index in [1.165, 1.54) is 23.1 Å². The molecule has 1 unspecified atom stereocenters. The summed E-state index contributed by atoms with van der Waals surface area (Å²) in [5, 5.41) is 20.1. The molecule has 1 aliphatic heterocycles. The highest BCUT2D eigenvalue weighted by atomic mass is 32.2. The van der Waals surface area contributed by atoms with Gasteiger partial charge < -0.3 is 15.4 Å². The number of benzene rings is 1. The van der Waals surface area contributed by atoms with Gasteiger partial charge in [0.15, 0.2) is 4.34 Å². The van der Waals surface area contributed by atoms with Crippen LogP contribution in [0.4, 0.5) is 10.9 Å². The molecule has 1 aromatic carbocycles. The van der Waals surface area contributed by atoms with Crippen LogP contribution in [0.25, 0.3) is 5.69 Å². The molecule has 1 amide bonds. The van der Waals surface area contributed by atoms with Gasteiger partial charge in [-0.3, -0.25) is 4.79 Å². The van der Waals surface area contributed by atoms with Crippen molar-refractivity contribution in [2.24, 2.45) is 0 Å². The van der Waals surface area contributed by atoms with Gasteiger partial charge in [-0.1, -0.05) is 62.1 Å². The second-order valence-corrected chi connectivity index (χ2v) is 10.8. The fraction of sp³-hybridized carbons (Fsp3) is 0.455. The maximum atomic E-state index is 12.7. The number of rotatable bonds is 8. The van der Waals surface area contributed by atoms with Gasteiger partial charge in [0, 0.05) is 24.6 Å². The van der Waals surface area contributed by atoms with Crippen LogP contribution in [0.3, 0.4) is 0 Å². The predicted octanol–water partition coefficient (Wildman–Crippen LogP) is 4.34. The zero-order valence-electron chi connectivity index (χ0n) is 18.5. The Labute approximate surface area is 196 Å². The number of carbonyl (C=O) groups excluding carboxylic acids is 1. The van der Waals surface area contributed by atoms with E-state index in [-0.39, 0.29) is 23.2 Å². The van der Waals surface area contributed by atoms with E-state index >= 15 is 0 Å². The first kappa shape index (κ1) is 22.8. The number of anilines is 2. The maximum absolute atomic E-state index is 12.7. The number of nitrogens with zero attached hydrogens (tertiary/aromatic N) is 4. The van der Waals surface area contributed by atoms with E-state index in [1.807, 2.05) is 36.4 Å². The number of amides is 1. The summed E-state index contributed by atoms with van der Waals surface area (Å²) in [5.74, 6) is 0.782. The molecule has 2 N–H and O–H groups in total. The van der Waals surface area contributed by atoms with Crippen molar-refractivity contribution in [2.45, 2.75) is 49.5 Å². The van der Waals surface area contributed by atoms with Crippen LogP contribution < -0.4 is 10.6 Å². The minimum absolute atomic E-state index is 0.114. The highest BCUT2D eigenvalue weighted by Gasteiger charge is 2.22. The standard InChI is InChI=1S/C22H28N6O2S2/c1-22(2,3)17-12-18(28(27-17)15-8-5-4-6-9-15)24-19(29)14-31-21-26-25-20(32-21)23-13-16-10-7-11-30-16/h4-6,8-9,12,16H,7,10-11,13-14H2,1-3H3,(H,23,25)(H,24,29). The number of carbonyl (C=O) groups is 1. The number of nitrogens with one attached hydrogen (secondary N) is 2. The smallest absolute Gasteiger partial charge is 0.235 e. The lowest BCUT2D eigenvalue weighted by molar-refractivity contribution is -0.113. The fourth-order valence-corrected chi connectivity index (χ4v) is 4.81. The summed E-state index contributed by atoms with van der Waals surface area (Å²) in [4.78, 5) is 12.7. The molecule has 2 aromatic heterocycles. The molecule has 170 valence electrons. The summed E-state index contributed by atoms with van der Waals surface area (Å²) in [5.41, 5.74) is 1.68. The summed E-state index contributed by atoms with van der Waals surface area (Å²) in [6, 6.07) is 11.7. The van der Waals surface area contributed by atoms with Gasteiger partial charge in [0.25, 0.3) is 0 Å². The Morgan fingerprint density at radius 3 is 2.81 bits per heavy atom. The molecular formula is C22H28N6O2S2. The first-order valence-corrected chi connectivity index (χ1v) is 12.5. The number of hydrogen-bond acceptors (Lipinski definition) is 8. The molecule has 3 aromatic rings. The number of ether oxygens (including phenoxy) is 1. The summed E-state index contributed by atoms with van der Waals surface area (Å²) < 4.78 is 8.14. The summed E-state index contributed by atoms with van der Waals surface area (Å²) in [7, 11) is 0. The Morgan fingerprint density at radius 1 is 1.28 bits per heavy atom. The first-order chi connectivity index (χ1) is 15.4. The summed E-state index contributed by atoms with van der Waals surface area (Å²) in [6.07, 6.45) is 2.43. The Balaban J connectivity index is 1.36. The molecular weight excluding hydrogens is 444 g/mol. The average molecular weight is 473 g/mol.